The first-order chi connectivity index (χ1) is 13.1. The van der Waals surface area contributed by atoms with E-state index in [-0.39, 0.29) is 11.2 Å². The van der Waals surface area contributed by atoms with E-state index < -0.39 is 0 Å². The van der Waals surface area contributed by atoms with Gasteiger partial charge in [0.1, 0.15) is 0 Å². The Hall–Kier alpha value is -2.52. The van der Waals surface area contributed by atoms with Gasteiger partial charge in [-0.2, -0.15) is 0 Å². The molecular weight excluding hydrogens is 350 g/mol. The molecular formula is C24H23NOS. The summed E-state index contributed by atoms with van der Waals surface area (Å²) in [5.41, 5.74) is 5.73. The van der Waals surface area contributed by atoms with Crippen molar-refractivity contribution in [3.05, 3.63) is 89.5 Å². The Kier molecular flexibility index (Phi) is 5.04. The zero-order valence-electron chi connectivity index (χ0n) is 15.7. The Labute approximate surface area is 165 Å². The van der Waals surface area contributed by atoms with Crippen LogP contribution in [0.1, 0.15) is 23.6 Å². The second-order valence-corrected chi connectivity index (χ2v) is 8.42. The predicted molar refractivity (Wildman–Crippen MR) is 114 cm³/mol. The topological polar surface area (TPSA) is 20.3 Å². The summed E-state index contributed by atoms with van der Waals surface area (Å²) < 4.78 is 0. The molecule has 1 aliphatic heterocycles. The molecule has 136 valence electrons. The molecule has 0 bridgehead atoms. The van der Waals surface area contributed by atoms with Gasteiger partial charge in [0.05, 0.1) is 16.6 Å². The third kappa shape index (κ3) is 3.65. The largest absolute Gasteiger partial charge is 0.280 e. The molecule has 0 radical (unpaired) electrons. The fourth-order valence-electron chi connectivity index (χ4n) is 3.57. The minimum Gasteiger partial charge on any atom is -0.280 e. The van der Waals surface area contributed by atoms with Crippen LogP contribution in [0.2, 0.25) is 0 Å². The van der Waals surface area contributed by atoms with Crippen LogP contribution in [-0.2, 0) is 17.6 Å². The third-order valence-corrected chi connectivity index (χ3v) is 6.13. The fraction of sp³-hybridized carbons (Fsp3) is 0.208. The maximum atomic E-state index is 13.6. The summed E-state index contributed by atoms with van der Waals surface area (Å²) in [7, 11) is 0. The molecule has 4 rings (SSSR count). The maximum absolute atomic E-state index is 13.6. The number of nitrogens with zero attached hydrogens (tertiary/aromatic N) is 1. The summed E-state index contributed by atoms with van der Waals surface area (Å²) in [6, 6.07) is 24.9. The van der Waals surface area contributed by atoms with Gasteiger partial charge in [-0.25, -0.2) is 0 Å². The number of fused-ring (bicyclic) bond motifs is 2. The molecule has 0 saturated carbocycles. The Balaban J connectivity index is 1.71. The second-order valence-electron chi connectivity index (χ2n) is 7.00. The zero-order chi connectivity index (χ0) is 18.8. The minimum atomic E-state index is -0.174. The normalized spacial score (nSPS) is 14.1. The van der Waals surface area contributed by atoms with E-state index in [0.717, 1.165) is 29.1 Å². The Bertz CT molecular complexity index is 917. The van der Waals surface area contributed by atoms with Crippen LogP contribution in [0.25, 0.3) is 0 Å². The standard InChI is InChI=1S/C24H23NOS/c1-17-11-15-21(16-12-17)27-18(2)24(26)25-22-9-5-3-7-19(22)13-14-20-8-4-6-10-23(20)25/h3-12,15-16,18H,13-14H2,1-2H3. The minimum absolute atomic E-state index is 0.127. The summed E-state index contributed by atoms with van der Waals surface area (Å²) >= 11 is 1.62. The first-order valence-electron chi connectivity index (χ1n) is 9.36. The van der Waals surface area contributed by atoms with Crippen molar-refractivity contribution in [2.24, 2.45) is 0 Å². The van der Waals surface area contributed by atoms with E-state index in [2.05, 4.69) is 67.6 Å². The number of carbonyl (C=O) groups is 1. The number of benzene rings is 3. The van der Waals surface area contributed by atoms with Crippen LogP contribution >= 0.6 is 11.8 Å². The van der Waals surface area contributed by atoms with Gasteiger partial charge in [0, 0.05) is 4.90 Å². The van der Waals surface area contributed by atoms with E-state index in [1.165, 1.54) is 16.7 Å². The highest BCUT2D eigenvalue weighted by Gasteiger charge is 2.29. The number of anilines is 2. The number of hydrogen-bond acceptors (Lipinski definition) is 2. The average molecular weight is 374 g/mol. The van der Waals surface area contributed by atoms with Crippen molar-refractivity contribution >= 4 is 29.0 Å². The van der Waals surface area contributed by atoms with Crippen molar-refractivity contribution in [1.29, 1.82) is 0 Å². The summed E-state index contributed by atoms with van der Waals surface area (Å²) in [5.74, 6) is 0.127. The van der Waals surface area contributed by atoms with Crippen molar-refractivity contribution in [3.63, 3.8) is 0 Å². The second kappa shape index (κ2) is 7.61. The van der Waals surface area contributed by atoms with Gasteiger partial charge in [-0.05, 0) is 62.1 Å². The van der Waals surface area contributed by atoms with Crippen LogP contribution in [0, 0.1) is 6.92 Å². The lowest BCUT2D eigenvalue weighted by Gasteiger charge is -2.27. The van der Waals surface area contributed by atoms with Crippen molar-refractivity contribution in [2.75, 3.05) is 4.90 Å². The van der Waals surface area contributed by atoms with Crippen LogP contribution in [0.4, 0.5) is 11.4 Å². The molecule has 1 atom stereocenters. The van der Waals surface area contributed by atoms with E-state index in [4.69, 9.17) is 0 Å². The van der Waals surface area contributed by atoms with Crippen LogP contribution in [-0.4, -0.2) is 11.2 Å². The molecule has 3 aromatic rings. The molecule has 0 N–H and O–H groups in total. The summed E-state index contributed by atoms with van der Waals surface area (Å²) in [5, 5.41) is -0.174. The van der Waals surface area contributed by atoms with Crippen LogP contribution in [0.15, 0.2) is 77.7 Å². The van der Waals surface area contributed by atoms with Gasteiger partial charge in [0.2, 0.25) is 5.91 Å². The summed E-state index contributed by atoms with van der Waals surface area (Å²) in [4.78, 5) is 16.6. The molecule has 27 heavy (non-hydrogen) atoms. The lowest BCUT2D eigenvalue weighted by atomic mass is 10.0. The molecule has 0 fully saturated rings. The van der Waals surface area contributed by atoms with Gasteiger partial charge in [0.15, 0.2) is 0 Å². The van der Waals surface area contributed by atoms with Crippen molar-refractivity contribution in [1.82, 2.24) is 0 Å². The SMILES string of the molecule is Cc1ccc(SC(C)C(=O)N2c3ccccc3CCc3ccccc32)cc1. The molecule has 0 saturated heterocycles. The van der Waals surface area contributed by atoms with E-state index >= 15 is 0 Å². The van der Waals surface area contributed by atoms with Gasteiger partial charge in [-0.15, -0.1) is 11.8 Å². The molecule has 3 heteroatoms. The van der Waals surface area contributed by atoms with E-state index in [1.807, 2.05) is 24.0 Å². The van der Waals surface area contributed by atoms with Gasteiger partial charge in [-0.1, -0.05) is 54.1 Å². The van der Waals surface area contributed by atoms with Crippen molar-refractivity contribution < 1.29 is 4.79 Å². The lowest BCUT2D eigenvalue weighted by Crippen LogP contribution is -2.33. The Morgan fingerprint density at radius 2 is 1.37 bits per heavy atom. The number of thioether (sulfide) groups is 1. The summed E-state index contributed by atoms with van der Waals surface area (Å²) in [6.45, 7) is 4.08. The third-order valence-electron chi connectivity index (χ3n) is 5.03. The average Bonchev–Trinajstić information content (AvgIpc) is 2.86. The number of carbonyl (C=O) groups excluding carboxylic acids is 1. The van der Waals surface area contributed by atoms with Crippen molar-refractivity contribution in [2.45, 2.75) is 36.8 Å². The molecule has 0 aliphatic carbocycles. The maximum Gasteiger partial charge on any atom is 0.244 e. The van der Waals surface area contributed by atoms with Crippen LogP contribution in [0.3, 0.4) is 0 Å². The van der Waals surface area contributed by atoms with Gasteiger partial charge < -0.3 is 0 Å². The van der Waals surface area contributed by atoms with E-state index in [1.54, 1.807) is 11.8 Å². The van der Waals surface area contributed by atoms with E-state index in [9.17, 15) is 4.79 Å². The molecule has 1 heterocycles. The molecule has 2 nitrogen and oxygen atoms in total. The fourth-order valence-corrected chi connectivity index (χ4v) is 4.48. The van der Waals surface area contributed by atoms with Gasteiger partial charge >= 0.3 is 0 Å². The number of aryl methyl sites for hydroxylation is 3. The smallest absolute Gasteiger partial charge is 0.244 e. The quantitative estimate of drug-likeness (QED) is 0.530. The monoisotopic (exact) mass is 373 g/mol. The van der Waals surface area contributed by atoms with E-state index in [0.29, 0.717) is 0 Å². The number of rotatable bonds is 3. The molecule has 1 amide bonds. The molecule has 0 aromatic heterocycles. The highest BCUT2D eigenvalue weighted by molar-refractivity contribution is 8.00. The summed E-state index contributed by atoms with van der Waals surface area (Å²) in [6.07, 6.45) is 1.91. The highest BCUT2D eigenvalue weighted by Crippen LogP contribution is 2.38. The van der Waals surface area contributed by atoms with Gasteiger partial charge in [-0.3, -0.25) is 9.69 Å². The highest BCUT2D eigenvalue weighted by atomic mass is 32.2. The Morgan fingerprint density at radius 1 is 0.852 bits per heavy atom. The number of para-hydroxylation sites is 2. The molecule has 3 aromatic carbocycles. The molecule has 0 spiro atoms. The van der Waals surface area contributed by atoms with Crippen LogP contribution < -0.4 is 4.90 Å². The predicted octanol–water partition coefficient (Wildman–Crippen LogP) is 5.94. The molecule has 1 unspecified atom stereocenters. The van der Waals surface area contributed by atoms with Crippen molar-refractivity contribution in [3.8, 4) is 0 Å². The number of amides is 1. The zero-order valence-corrected chi connectivity index (χ0v) is 16.5. The van der Waals surface area contributed by atoms with Crippen LogP contribution in [0.5, 0.6) is 0 Å². The first-order valence-corrected chi connectivity index (χ1v) is 10.2. The lowest BCUT2D eigenvalue weighted by molar-refractivity contribution is -0.117. The Morgan fingerprint density at radius 3 is 1.93 bits per heavy atom. The molecule has 1 aliphatic rings. The first kappa shape index (κ1) is 17.9. The van der Waals surface area contributed by atoms with Gasteiger partial charge in [0.25, 0.3) is 0 Å². The number of hydrogen-bond donors (Lipinski definition) is 0.